The highest BCUT2D eigenvalue weighted by Crippen LogP contribution is 2.41. The smallest absolute Gasteiger partial charge is 0.272 e. The predicted molar refractivity (Wildman–Crippen MR) is 136 cm³/mol. The Kier molecular flexibility index (Phi) is 6.55. The van der Waals surface area contributed by atoms with Gasteiger partial charge in [0.1, 0.15) is 11.4 Å². The van der Waals surface area contributed by atoms with Crippen LogP contribution in [0.3, 0.4) is 0 Å². The number of hydrogen-bond acceptors (Lipinski definition) is 4. The number of likely N-dealkylation sites (tertiary alicyclic amines) is 2. The molecule has 0 saturated carbocycles. The zero-order chi connectivity index (χ0) is 23.5. The maximum absolute atomic E-state index is 13.2. The molecule has 2 fully saturated rings. The van der Waals surface area contributed by atoms with Crippen molar-refractivity contribution in [2.75, 3.05) is 32.8 Å². The van der Waals surface area contributed by atoms with E-state index in [1.54, 1.807) is 0 Å². The van der Waals surface area contributed by atoms with Crippen LogP contribution in [0.1, 0.15) is 49.2 Å². The summed E-state index contributed by atoms with van der Waals surface area (Å²) < 4.78 is 6.07. The number of benzene rings is 2. The number of hydrogen-bond donors (Lipinski definition) is 0. The third-order valence-corrected chi connectivity index (χ3v) is 7.40. The fraction of sp³-hybridized carbons (Fsp3) is 0.448. The van der Waals surface area contributed by atoms with Crippen molar-refractivity contribution in [3.05, 3.63) is 71.9 Å². The summed E-state index contributed by atoms with van der Waals surface area (Å²) in [5.74, 6) is 1.60. The van der Waals surface area contributed by atoms with E-state index in [0.29, 0.717) is 11.6 Å². The Morgan fingerprint density at radius 2 is 1.71 bits per heavy atom. The molecule has 1 aromatic heterocycles. The van der Waals surface area contributed by atoms with Gasteiger partial charge in [-0.1, -0.05) is 56.3 Å². The van der Waals surface area contributed by atoms with Gasteiger partial charge in [-0.3, -0.25) is 9.69 Å². The molecule has 0 radical (unpaired) electrons. The highest BCUT2D eigenvalue weighted by Gasteiger charge is 2.42. The number of carbonyl (C=O) groups is 1. The average molecular weight is 458 g/mol. The SMILES string of the molecule is CC(C)COc1ccccc1CN1CCC2(CC1)CCN(C(=O)c1ccc3ccccc3n1)C2. The fourth-order valence-electron chi connectivity index (χ4n) is 5.32. The van der Waals surface area contributed by atoms with E-state index in [-0.39, 0.29) is 11.3 Å². The van der Waals surface area contributed by atoms with Crippen molar-refractivity contribution in [3.8, 4) is 5.75 Å². The monoisotopic (exact) mass is 457 g/mol. The molecular formula is C29H35N3O2. The van der Waals surface area contributed by atoms with Gasteiger partial charge in [-0.05, 0) is 61.9 Å². The first-order valence-electron chi connectivity index (χ1n) is 12.6. The van der Waals surface area contributed by atoms with Gasteiger partial charge in [0.25, 0.3) is 5.91 Å². The van der Waals surface area contributed by atoms with Crippen molar-refractivity contribution < 1.29 is 9.53 Å². The number of piperidine rings is 1. The second kappa shape index (κ2) is 9.75. The van der Waals surface area contributed by atoms with Crippen molar-refractivity contribution in [1.82, 2.24) is 14.8 Å². The highest BCUT2D eigenvalue weighted by molar-refractivity contribution is 5.95. The van der Waals surface area contributed by atoms with Crippen molar-refractivity contribution in [2.24, 2.45) is 11.3 Å². The van der Waals surface area contributed by atoms with Crippen LogP contribution >= 0.6 is 0 Å². The summed E-state index contributed by atoms with van der Waals surface area (Å²) in [6.45, 7) is 9.84. The number of para-hydroxylation sites is 2. The Bertz CT molecular complexity index is 1150. The molecule has 0 unspecified atom stereocenters. The van der Waals surface area contributed by atoms with E-state index in [9.17, 15) is 4.79 Å². The van der Waals surface area contributed by atoms with Gasteiger partial charge >= 0.3 is 0 Å². The van der Waals surface area contributed by atoms with Crippen LogP contribution in [0.4, 0.5) is 0 Å². The van der Waals surface area contributed by atoms with Gasteiger partial charge in [-0.2, -0.15) is 0 Å². The number of amides is 1. The van der Waals surface area contributed by atoms with Gasteiger partial charge in [0.05, 0.1) is 12.1 Å². The molecule has 0 aliphatic carbocycles. The Hall–Kier alpha value is -2.92. The molecule has 5 nitrogen and oxygen atoms in total. The Morgan fingerprint density at radius 3 is 2.53 bits per heavy atom. The van der Waals surface area contributed by atoms with Crippen molar-refractivity contribution in [2.45, 2.75) is 39.7 Å². The molecule has 5 rings (SSSR count). The van der Waals surface area contributed by atoms with Crippen LogP contribution in [0.15, 0.2) is 60.7 Å². The van der Waals surface area contributed by atoms with Gasteiger partial charge in [0, 0.05) is 30.6 Å². The molecule has 2 aromatic carbocycles. The highest BCUT2D eigenvalue weighted by atomic mass is 16.5. The number of fused-ring (bicyclic) bond motifs is 1. The maximum Gasteiger partial charge on any atom is 0.272 e. The van der Waals surface area contributed by atoms with Crippen LogP contribution < -0.4 is 4.74 Å². The van der Waals surface area contributed by atoms with Crippen LogP contribution in [0.2, 0.25) is 0 Å². The number of aromatic nitrogens is 1. The normalized spacial score (nSPS) is 18.1. The molecule has 0 bridgehead atoms. The van der Waals surface area contributed by atoms with Crippen LogP contribution in [0.25, 0.3) is 10.9 Å². The van der Waals surface area contributed by atoms with E-state index < -0.39 is 0 Å². The lowest BCUT2D eigenvalue weighted by Gasteiger charge is -2.39. The number of rotatable bonds is 6. The fourth-order valence-corrected chi connectivity index (χ4v) is 5.32. The summed E-state index contributed by atoms with van der Waals surface area (Å²) in [6, 6.07) is 20.3. The molecule has 2 saturated heterocycles. The minimum Gasteiger partial charge on any atom is -0.493 e. The topological polar surface area (TPSA) is 45.7 Å². The van der Waals surface area contributed by atoms with Crippen LogP contribution in [0, 0.1) is 11.3 Å². The molecule has 1 spiro atoms. The first kappa shape index (κ1) is 22.9. The molecule has 0 atom stereocenters. The molecule has 178 valence electrons. The quantitative estimate of drug-likeness (QED) is 0.497. The molecule has 3 heterocycles. The summed E-state index contributed by atoms with van der Waals surface area (Å²) in [7, 11) is 0. The van der Waals surface area contributed by atoms with E-state index in [2.05, 4.69) is 48.0 Å². The Balaban J connectivity index is 1.18. The molecule has 34 heavy (non-hydrogen) atoms. The van der Waals surface area contributed by atoms with Gasteiger partial charge in [0.2, 0.25) is 0 Å². The van der Waals surface area contributed by atoms with E-state index in [1.807, 2.05) is 41.3 Å². The summed E-state index contributed by atoms with van der Waals surface area (Å²) in [6.07, 6.45) is 3.36. The lowest BCUT2D eigenvalue weighted by Crippen LogP contribution is -2.42. The van der Waals surface area contributed by atoms with Crippen molar-refractivity contribution in [3.63, 3.8) is 0 Å². The molecule has 5 heteroatoms. The molecule has 2 aliphatic heterocycles. The zero-order valence-electron chi connectivity index (χ0n) is 20.4. The van der Waals surface area contributed by atoms with Crippen molar-refractivity contribution in [1.29, 1.82) is 0 Å². The lowest BCUT2D eigenvalue weighted by atomic mass is 9.77. The summed E-state index contributed by atoms with van der Waals surface area (Å²) in [5.41, 5.74) is 2.96. The van der Waals surface area contributed by atoms with E-state index in [0.717, 1.165) is 75.2 Å². The lowest BCUT2D eigenvalue weighted by molar-refractivity contribution is 0.0708. The standard InChI is InChI=1S/C29H35N3O2/c1-22(2)20-34-27-10-6-4-8-24(27)19-31-16-13-29(14-17-31)15-18-32(21-29)28(33)26-12-11-23-7-3-5-9-25(23)30-26/h3-12,22H,13-21H2,1-2H3. The average Bonchev–Trinajstić information content (AvgIpc) is 3.27. The third-order valence-electron chi connectivity index (χ3n) is 7.40. The minimum atomic E-state index is 0.0706. The summed E-state index contributed by atoms with van der Waals surface area (Å²) in [5, 5.41) is 1.07. The first-order valence-corrected chi connectivity index (χ1v) is 12.6. The van der Waals surface area contributed by atoms with E-state index >= 15 is 0 Å². The van der Waals surface area contributed by atoms with E-state index in [4.69, 9.17) is 4.74 Å². The van der Waals surface area contributed by atoms with Gasteiger partial charge < -0.3 is 9.64 Å². The van der Waals surface area contributed by atoms with Gasteiger partial charge in [0.15, 0.2) is 0 Å². The summed E-state index contributed by atoms with van der Waals surface area (Å²) >= 11 is 0. The molecule has 1 amide bonds. The Morgan fingerprint density at radius 1 is 0.971 bits per heavy atom. The van der Waals surface area contributed by atoms with Crippen LogP contribution in [-0.4, -0.2) is 53.5 Å². The predicted octanol–water partition coefficient (Wildman–Crippen LogP) is 5.40. The van der Waals surface area contributed by atoms with E-state index in [1.165, 1.54) is 5.56 Å². The molecule has 3 aromatic rings. The molecular weight excluding hydrogens is 422 g/mol. The minimum absolute atomic E-state index is 0.0706. The second-order valence-corrected chi connectivity index (χ2v) is 10.5. The number of ether oxygens (including phenoxy) is 1. The van der Waals surface area contributed by atoms with Crippen LogP contribution in [0.5, 0.6) is 5.75 Å². The number of carbonyl (C=O) groups excluding carboxylic acids is 1. The molecule has 2 aliphatic rings. The number of pyridine rings is 1. The maximum atomic E-state index is 13.2. The largest absolute Gasteiger partial charge is 0.493 e. The Labute approximate surface area is 202 Å². The van der Waals surface area contributed by atoms with Gasteiger partial charge in [-0.15, -0.1) is 0 Å². The van der Waals surface area contributed by atoms with Crippen LogP contribution in [-0.2, 0) is 6.54 Å². The number of nitrogens with zero attached hydrogens (tertiary/aromatic N) is 3. The first-order chi connectivity index (χ1) is 16.5. The second-order valence-electron chi connectivity index (χ2n) is 10.5. The van der Waals surface area contributed by atoms with Crippen molar-refractivity contribution >= 4 is 16.8 Å². The molecule has 0 N–H and O–H groups in total. The third kappa shape index (κ3) is 4.95. The van der Waals surface area contributed by atoms with Gasteiger partial charge in [-0.25, -0.2) is 4.98 Å². The summed E-state index contributed by atoms with van der Waals surface area (Å²) in [4.78, 5) is 22.4. The zero-order valence-corrected chi connectivity index (χ0v) is 20.4.